The van der Waals surface area contributed by atoms with Crippen LogP contribution in [0.25, 0.3) is 0 Å². The molecule has 1 atom stereocenters. The second-order valence-corrected chi connectivity index (χ2v) is 7.17. The number of rotatable bonds is 4. The predicted octanol–water partition coefficient (Wildman–Crippen LogP) is 2.49. The molecule has 1 N–H and O–H groups in total. The summed E-state index contributed by atoms with van der Waals surface area (Å²) in [4.78, 5) is 10.7. The Kier molecular flexibility index (Phi) is 4.57. The third kappa shape index (κ3) is 3.69. The number of benzene rings is 1. The van der Waals surface area contributed by atoms with Crippen LogP contribution in [0.5, 0.6) is 0 Å². The summed E-state index contributed by atoms with van der Waals surface area (Å²) in [6.07, 6.45) is 0. The number of sulfone groups is 1. The van der Waals surface area contributed by atoms with Crippen molar-refractivity contribution in [1.29, 1.82) is 0 Å². The second-order valence-electron chi connectivity index (χ2n) is 3.52. The van der Waals surface area contributed by atoms with Gasteiger partial charge in [0.25, 0.3) is 0 Å². The van der Waals surface area contributed by atoms with Gasteiger partial charge in [-0.25, -0.2) is 8.42 Å². The molecule has 0 aliphatic heterocycles. The number of halogens is 2. The minimum atomic E-state index is -3.75. The van der Waals surface area contributed by atoms with Crippen LogP contribution in [0.3, 0.4) is 0 Å². The normalized spacial score (nSPS) is 13.4. The van der Waals surface area contributed by atoms with E-state index in [0.717, 1.165) is 11.4 Å². The SMILES string of the molecule is CC(C(=O)O)S(=O)(=O)Cc1ccc(Br)cc1Cl. The van der Waals surface area contributed by atoms with Crippen molar-refractivity contribution < 1.29 is 18.3 Å². The van der Waals surface area contributed by atoms with Crippen LogP contribution >= 0.6 is 27.5 Å². The Morgan fingerprint density at radius 2 is 2.12 bits per heavy atom. The molecule has 0 saturated carbocycles. The summed E-state index contributed by atoms with van der Waals surface area (Å²) in [7, 11) is -3.75. The van der Waals surface area contributed by atoms with E-state index in [9.17, 15) is 13.2 Å². The van der Waals surface area contributed by atoms with Crippen molar-refractivity contribution in [2.45, 2.75) is 17.9 Å². The third-order valence-corrected chi connectivity index (χ3v) is 5.10. The molecule has 1 aromatic carbocycles. The molecule has 0 radical (unpaired) electrons. The first kappa shape index (κ1) is 14.5. The lowest BCUT2D eigenvalue weighted by Crippen LogP contribution is -2.28. The van der Waals surface area contributed by atoms with Gasteiger partial charge in [0, 0.05) is 9.50 Å². The van der Waals surface area contributed by atoms with Gasteiger partial charge in [0.1, 0.15) is 0 Å². The molecule has 0 spiro atoms. The number of hydrogen-bond donors (Lipinski definition) is 1. The highest BCUT2D eigenvalue weighted by Gasteiger charge is 2.28. The summed E-state index contributed by atoms with van der Waals surface area (Å²) in [6, 6.07) is 4.78. The van der Waals surface area contributed by atoms with Crippen molar-refractivity contribution in [1.82, 2.24) is 0 Å². The maximum absolute atomic E-state index is 11.7. The van der Waals surface area contributed by atoms with Crippen LogP contribution in [0.2, 0.25) is 5.02 Å². The maximum atomic E-state index is 11.7. The van der Waals surface area contributed by atoms with Crippen LogP contribution in [0, 0.1) is 0 Å². The standard InChI is InChI=1S/C10H10BrClO4S/c1-6(10(13)14)17(15,16)5-7-2-3-8(11)4-9(7)12/h2-4,6H,5H2,1H3,(H,13,14). The van der Waals surface area contributed by atoms with E-state index in [1.807, 2.05) is 0 Å². The molecule has 1 rings (SSSR count). The molecule has 0 fully saturated rings. The number of carbonyl (C=O) groups is 1. The van der Waals surface area contributed by atoms with Crippen molar-refractivity contribution in [3.63, 3.8) is 0 Å². The zero-order chi connectivity index (χ0) is 13.2. The summed E-state index contributed by atoms with van der Waals surface area (Å²) in [5.41, 5.74) is 0.392. The second kappa shape index (κ2) is 5.37. The fourth-order valence-corrected chi connectivity index (χ4v) is 3.20. The number of hydrogen-bond acceptors (Lipinski definition) is 3. The number of carboxylic acid groups (broad SMARTS) is 1. The first-order chi connectivity index (χ1) is 7.74. The maximum Gasteiger partial charge on any atom is 0.321 e. The highest BCUT2D eigenvalue weighted by Crippen LogP contribution is 2.24. The molecule has 0 saturated heterocycles. The number of aliphatic carboxylic acids is 1. The van der Waals surface area contributed by atoms with E-state index in [0.29, 0.717) is 10.6 Å². The molecule has 4 nitrogen and oxygen atoms in total. The highest BCUT2D eigenvalue weighted by molar-refractivity contribution is 9.10. The molecule has 1 unspecified atom stereocenters. The summed E-state index contributed by atoms with van der Waals surface area (Å²) >= 11 is 9.08. The molecule has 17 heavy (non-hydrogen) atoms. The minimum Gasteiger partial charge on any atom is -0.480 e. The minimum absolute atomic E-state index is 0.292. The zero-order valence-electron chi connectivity index (χ0n) is 8.85. The molecule has 0 bridgehead atoms. The zero-order valence-corrected chi connectivity index (χ0v) is 12.0. The van der Waals surface area contributed by atoms with Crippen molar-refractivity contribution in [3.05, 3.63) is 33.3 Å². The Labute approximate surface area is 113 Å². The van der Waals surface area contributed by atoms with E-state index in [2.05, 4.69) is 15.9 Å². The monoisotopic (exact) mass is 340 g/mol. The summed E-state index contributed by atoms with van der Waals surface area (Å²) < 4.78 is 24.2. The van der Waals surface area contributed by atoms with E-state index in [1.54, 1.807) is 18.2 Å². The van der Waals surface area contributed by atoms with E-state index >= 15 is 0 Å². The summed E-state index contributed by atoms with van der Waals surface area (Å²) in [6.45, 7) is 1.14. The average molecular weight is 342 g/mol. The first-order valence-corrected chi connectivity index (χ1v) is 7.51. The smallest absolute Gasteiger partial charge is 0.321 e. The topological polar surface area (TPSA) is 71.4 Å². The Bertz CT molecular complexity index is 541. The number of carboxylic acids is 1. The van der Waals surface area contributed by atoms with Crippen LogP contribution < -0.4 is 0 Å². The quantitative estimate of drug-likeness (QED) is 0.913. The van der Waals surface area contributed by atoms with Crippen molar-refractivity contribution >= 4 is 43.3 Å². The first-order valence-electron chi connectivity index (χ1n) is 4.62. The van der Waals surface area contributed by atoms with Crippen LogP contribution in [-0.4, -0.2) is 24.7 Å². The average Bonchev–Trinajstić information content (AvgIpc) is 2.21. The van der Waals surface area contributed by atoms with E-state index in [-0.39, 0.29) is 5.75 Å². The Morgan fingerprint density at radius 3 is 2.59 bits per heavy atom. The third-order valence-electron chi connectivity index (χ3n) is 2.26. The molecule has 0 aliphatic carbocycles. The van der Waals surface area contributed by atoms with E-state index in [1.165, 1.54) is 0 Å². The highest BCUT2D eigenvalue weighted by atomic mass is 79.9. The lowest BCUT2D eigenvalue weighted by Gasteiger charge is -2.09. The molecule has 1 aromatic rings. The Morgan fingerprint density at radius 1 is 1.53 bits per heavy atom. The molecule has 0 heterocycles. The fraction of sp³-hybridized carbons (Fsp3) is 0.300. The molecule has 0 amide bonds. The molecular weight excluding hydrogens is 332 g/mol. The van der Waals surface area contributed by atoms with Crippen molar-refractivity contribution in [3.8, 4) is 0 Å². The molecule has 94 valence electrons. The van der Waals surface area contributed by atoms with Crippen LogP contribution in [0.4, 0.5) is 0 Å². The molecule has 0 aromatic heterocycles. The van der Waals surface area contributed by atoms with Gasteiger partial charge in [-0.2, -0.15) is 0 Å². The lowest BCUT2D eigenvalue weighted by atomic mass is 10.2. The van der Waals surface area contributed by atoms with Gasteiger partial charge in [0.05, 0.1) is 5.75 Å². The van der Waals surface area contributed by atoms with Gasteiger partial charge >= 0.3 is 5.97 Å². The lowest BCUT2D eigenvalue weighted by molar-refractivity contribution is -0.136. The van der Waals surface area contributed by atoms with Gasteiger partial charge in [0.15, 0.2) is 15.1 Å². The van der Waals surface area contributed by atoms with Crippen LogP contribution in [-0.2, 0) is 20.4 Å². The fourth-order valence-electron chi connectivity index (χ4n) is 1.13. The van der Waals surface area contributed by atoms with Crippen LogP contribution in [0.1, 0.15) is 12.5 Å². The predicted molar refractivity (Wildman–Crippen MR) is 68.9 cm³/mol. The van der Waals surface area contributed by atoms with Gasteiger partial charge in [-0.05, 0) is 24.6 Å². The largest absolute Gasteiger partial charge is 0.480 e. The van der Waals surface area contributed by atoms with Gasteiger partial charge in [-0.15, -0.1) is 0 Å². The van der Waals surface area contributed by atoms with E-state index in [4.69, 9.17) is 16.7 Å². The molecule has 7 heteroatoms. The summed E-state index contributed by atoms with van der Waals surface area (Å²) in [5.74, 6) is -1.75. The van der Waals surface area contributed by atoms with Crippen LogP contribution in [0.15, 0.2) is 22.7 Å². The Balaban J connectivity index is 3.02. The molecular formula is C10H10BrClO4S. The van der Waals surface area contributed by atoms with E-state index < -0.39 is 21.1 Å². The van der Waals surface area contributed by atoms with Gasteiger partial charge < -0.3 is 5.11 Å². The van der Waals surface area contributed by atoms with Crippen molar-refractivity contribution in [2.24, 2.45) is 0 Å². The van der Waals surface area contributed by atoms with Gasteiger partial charge in [0.2, 0.25) is 0 Å². The summed E-state index contributed by atoms with van der Waals surface area (Å²) in [5, 5.41) is 7.54. The van der Waals surface area contributed by atoms with Gasteiger partial charge in [-0.3, -0.25) is 4.79 Å². The van der Waals surface area contributed by atoms with Gasteiger partial charge in [-0.1, -0.05) is 33.6 Å². The molecule has 0 aliphatic rings. The van der Waals surface area contributed by atoms with Crippen molar-refractivity contribution in [2.75, 3.05) is 0 Å². The Hall–Kier alpha value is -0.590.